The number of aryl methyl sites for hydroxylation is 1. The number of carbonyl (C=O) groups excluding carboxylic acids is 1. The van der Waals surface area contributed by atoms with Gasteiger partial charge in [0, 0.05) is 25.0 Å². The Bertz CT molecular complexity index is 557. The molecule has 0 aliphatic heterocycles. The Hall–Kier alpha value is -1.95. The van der Waals surface area contributed by atoms with E-state index in [0.29, 0.717) is 19.4 Å². The van der Waals surface area contributed by atoms with Crippen molar-refractivity contribution in [3.8, 4) is 0 Å². The van der Waals surface area contributed by atoms with Gasteiger partial charge >= 0.3 is 5.97 Å². The van der Waals surface area contributed by atoms with Crippen LogP contribution in [0.15, 0.2) is 29.9 Å². The first kappa shape index (κ1) is 14.5. The average Bonchev–Trinajstić information content (AvgIpc) is 2.94. The predicted octanol–water partition coefficient (Wildman–Crippen LogP) is 2.80. The van der Waals surface area contributed by atoms with E-state index in [0.717, 1.165) is 16.5 Å². The molecule has 20 heavy (non-hydrogen) atoms. The summed E-state index contributed by atoms with van der Waals surface area (Å²) in [5.74, 6) is -0.178. The first-order chi connectivity index (χ1) is 9.70. The molecule has 0 fully saturated rings. The second-order valence-corrected chi connectivity index (χ2v) is 5.03. The zero-order valence-electron chi connectivity index (χ0n) is 11.6. The molecule has 5 nitrogen and oxygen atoms in total. The van der Waals surface area contributed by atoms with Gasteiger partial charge in [0.05, 0.1) is 30.6 Å². The molecule has 0 aliphatic rings. The van der Waals surface area contributed by atoms with Crippen LogP contribution in [0.3, 0.4) is 0 Å². The fourth-order valence-electron chi connectivity index (χ4n) is 1.69. The third-order valence-electron chi connectivity index (χ3n) is 2.75. The Balaban J connectivity index is 1.97. The molecule has 2 rings (SSSR count). The van der Waals surface area contributed by atoms with E-state index in [2.05, 4.69) is 9.97 Å². The number of esters is 1. The van der Waals surface area contributed by atoms with Crippen molar-refractivity contribution in [3.63, 3.8) is 0 Å². The topological polar surface area (TPSA) is 55.3 Å². The van der Waals surface area contributed by atoms with Crippen LogP contribution >= 0.6 is 11.3 Å². The van der Waals surface area contributed by atoms with Gasteiger partial charge in [-0.1, -0.05) is 0 Å². The van der Waals surface area contributed by atoms with Gasteiger partial charge in [-0.3, -0.25) is 9.78 Å². The van der Waals surface area contributed by atoms with E-state index >= 15 is 0 Å². The molecular weight excluding hydrogens is 274 g/mol. The van der Waals surface area contributed by atoms with E-state index in [1.165, 1.54) is 0 Å². The van der Waals surface area contributed by atoms with Gasteiger partial charge in [0.25, 0.3) is 0 Å². The smallest absolute Gasteiger partial charge is 0.306 e. The van der Waals surface area contributed by atoms with Crippen LogP contribution in [0.2, 0.25) is 0 Å². The SMILES string of the molecule is CCOC(=O)CCc1csc(N(C)c2cccnc2)n1. The van der Waals surface area contributed by atoms with Gasteiger partial charge in [-0.15, -0.1) is 11.3 Å². The molecule has 0 aromatic carbocycles. The van der Waals surface area contributed by atoms with Crippen LogP contribution in [0.25, 0.3) is 0 Å². The average molecular weight is 291 g/mol. The lowest BCUT2D eigenvalue weighted by Crippen LogP contribution is -2.09. The molecule has 6 heteroatoms. The summed E-state index contributed by atoms with van der Waals surface area (Å²) in [6.07, 6.45) is 4.51. The molecular formula is C14H17N3O2S. The Kier molecular flexibility index (Phi) is 5.06. The van der Waals surface area contributed by atoms with Crippen molar-refractivity contribution in [1.29, 1.82) is 0 Å². The first-order valence-electron chi connectivity index (χ1n) is 6.44. The van der Waals surface area contributed by atoms with Gasteiger partial charge < -0.3 is 9.64 Å². The molecule has 0 atom stereocenters. The second-order valence-electron chi connectivity index (χ2n) is 4.20. The molecule has 0 saturated heterocycles. The van der Waals surface area contributed by atoms with Gasteiger partial charge in [0.2, 0.25) is 0 Å². The Morgan fingerprint density at radius 1 is 1.50 bits per heavy atom. The van der Waals surface area contributed by atoms with Crippen LogP contribution in [-0.2, 0) is 16.0 Å². The number of anilines is 2. The zero-order valence-corrected chi connectivity index (χ0v) is 12.4. The Labute approximate surface area is 122 Å². The zero-order chi connectivity index (χ0) is 14.4. The van der Waals surface area contributed by atoms with Crippen molar-refractivity contribution in [1.82, 2.24) is 9.97 Å². The number of ether oxygens (including phenoxy) is 1. The van der Waals surface area contributed by atoms with Crippen LogP contribution in [0.1, 0.15) is 19.0 Å². The number of thiazole rings is 1. The minimum atomic E-state index is -0.178. The highest BCUT2D eigenvalue weighted by Crippen LogP contribution is 2.26. The van der Waals surface area contributed by atoms with E-state index in [1.807, 2.05) is 36.4 Å². The van der Waals surface area contributed by atoms with Crippen LogP contribution in [0.4, 0.5) is 10.8 Å². The largest absolute Gasteiger partial charge is 0.466 e. The molecule has 106 valence electrons. The van der Waals surface area contributed by atoms with Gasteiger partial charge in [0.15, 0.2) is 5.13 Å². The van der Waals surface area contributed by atoms with Crippen molar-refractivity contribution < 1.29 is 9.53 Å². The maximum atomic E-state index is 11.3. The van der Waals surface area contributed by atoms with Crippen molar-refractivity contribution in [2.45, 2.75) is 19.8 Å². The number of carbonyl (C=O) groups is 1. The standard InChI is InChI=1S/C14H17N3O2S/c1-3-19-13(18)7-6-11-10-20-14(16-11)17(2)12-5-4-8-15-9-12/h4-5,8-10H,3,6-7H2,1-2H3. The maximum absolute atomic E-state index is 11.3. The second kappa shape index (κ2) is 7.00. The van der Waals surface area contributed by atoms with Gasteiger partial charge in [-0.05, 0) is 19.1 Å². The van der Waals surface area contributed by atoms with Crippen molar-refractivity contribution >= 4 is 28.1 Å². The van der Waals surface area contributed by atoms with E-state index in [9.17, 15) is 4.79 Å². The van der Waals surface area contributed by atoms with Crippen LogP contribution in [-0.4, -0.2) is 29.6 Å². The quantitative estimate of drug-likeness (QED) is 0.766. The fraction of sp³-hybridized carbons (Fsp3) is 0.357. The number of nitrogens with zero attached hydrogens (tertiary/aromatic N) is 3. The van der Waals surface area contributed by atoms with E-state index in [-0.39, 0.29) is 5.97 Å². The first-order valence-corrected chi connectivity index (χ1v) is 7.32. The van der Waals surface area contributed by atoms with Crippen molar-refractivity contribution in [2.24, 2.45) is 0 Å². The summed E-state index contributed by atoms with van der Waals surface area (Å²) in [5, 5.41) is 2.86. The highest BCUT2D eigenvalue weighted by Gasteiger charge is 2.10. The lowest BCUT2D eigenvalue weighted by molar-refractivity contribution is -0.143. The summed E-state index contributed by atoms with van der Waals surface area (Å²) in [4.78, 5) is 21.9. The summed E-state index contributed by atoms with van der Waals surface area (Å²) in [5.41, 5.74) is 1.90. The van der Waals surface area contributed by atoms with Crippen molar-refractivity contribution in [3.05, 3.63) is 35.6 Å². The number of pyridine rings is 1. The molecule has 0 spiro atoms. The Morgan fingerprint density at radius 3 is 3.05 bits per heavy atom. The number of hydrogen-bond donors (Lipinski definition) is 0. The molecule has 0 N–H and O–H groups in total. The normalized spacial score (nSPS) is 10.3. The van der Waals surface area contributed by atoms with Gasteiger partial charge in [-0.2, -0.15) is 0 Å². The summed E-state index contributed by atoms with van der Waals surface area (Å²) in [6, 6.07) is 3.87. The summed E-state index contributed by atoms with van der Waals surface area (Å²) in [6.45, 7) is 2.23. The highest BCUT2D eigenvalue weighted by molar-refractivity contribution is 7.13. The lowest BCUT2D eigenvalue weighted by atomic mass is 10.2. The molecule has 0 bridgehead atoms. The molecule has 0 unspecified atom stereocenters. The third-order valence-corrected chi connectivity index (χ3v) is 3.72. The molecule has 0 radical (unpaired) electrons. The Morgan fingerprint density at radius 2 is 2.35 bits per heavy atom. The summed E-state index contributed by atoms with van der Waals surface area (Å²) < 4.78 is 4.91. The maximum Gasteiger partial charge on any atom is 0.306 e. The molecule has 2 aromatic heterocycles. The van der Waals surface area contributed by atoms with E-state index in [1.54, 1.807) is 23.7 Å². The fourth-order valence-corrected chi connectivity index (χ4v) is 2.54. The monoisotopic (exact) mass is 291 g/mol. The number of aromatic nitrogens is 2. The number of hydrogen-bond acceptors (Lipinski definition) is 6. The third kappa shape index (κ3) is 3.77. The van der Waals surface area contributed by atoms with Gasteiger partial charge in [-0.25, -0.2) is 4.98 Å². The molecule has 0 aliphatic carbocycles. The van der Waals surface area contributed by atoms with Crippen LogP contribution in [0, 0.1) is 0 Å². The molecule has 2 heterocycles. The minimum Gasteiger partial charge on any atom is -0.466 e. The highest BCUT2D eigenvalue weighted by atomic mass is 32.1. The lowest BCUT2D eigenvalue weighted by Gasteiger charge is -2.14. The predicted molar refractivity (Wildman–Crippen MR) is 79.4 cm³/mol. The molecule has 0 amide bonds. The summed E-state index contributed by atoms with van der Waals surface area (Å²) >= 11 is 1.55. The van der Waals surface area contributed by atoms with E-state index < -0.39 is 0 Å². The molecule has 2 aromatic rings. The van der Waals surface area contributed by atoms with Crippen LogP contribution < -0.4 is 4.90 Å². The van der Waals surface area contributed by atoms with E-state index in [4.69, 9.17) is 4.74 Å². The number of rotatable bonds is 6. The van der Waals surface area contributed by atoms with Crippen LogP contribution in [0.5, 0.6) is 0 Å². The van der Waals surface area contributed by atoms with Gasteiger partial charge in [0.1, 0.15) is 0 Å². The minimum absolute atomic E-state index is 0.178. The molecule has 0 saturated carbocycles. The summed E-state index contributed by atoms with van der Waals surface area (Å²) in [7, 11) is 1.95. The van der Waals surface area contributed by atoms with Crippen molar-refractivity contribution in [2.75, 3.05) is 18.6 Å².